The van der Waals surface area contributed by atoms with Gasteiger partial charge in [0.05, 0.1) is 18.1 Å². The highest BCUT2D eigenvalue weighted by Crippen LogP contribution is 2.36. The van der Waals surface area contributed by atoms with Crippen LogP contribution in [0.1, 0.15) is 19.3 Å². The monoisotopic (exact) mass is 241 g/mol. The minimum atomic E-state index is -0.660. The molecule has 5 nitrogen and oxygen atoms in total. The Morgan fingerprint density at radius 2 is 2.18 bits per heavy atom. The number of carboxylic acids is 1. The first-order valence-corrected chi connectivity index (χ1v) is 6.37. The van der Waals surface area contributed by atoms with Crippen LogP contribution in [0.3, 0.4) is 0 Å². The normalized spacial score (nSPS) is 39.4. The van der Waals surface area contributed by atoms with Gasteiger partial charge in [-0.3, -0.25) is 9.69 Å². The van der Waals surface area contributed by atoms with Crippen molar-refractivity contribution in [1.82, 2.24) is 4.90 Å². The van der Waals surface area contributed by atoms with Gasteiger partial charge in [-0.05, 0) is 12.8 Å². The van der Waals surface area contributed by atoms with E-state index < -0.39 is 5.97 Å². The SMILES string of the molecule is O=C(O)C1CN(C2CCOC3(CCOC3)C2)C1. The fourth-order valence-electron chi connectivity index (χ4n) is 3.14. The van der Waals surface area contributed by atoms with Crippen molar-refractivity contribution < 1.29 is 19.4 Å². The molecular formula is C12H19NO4. The topological polar surface area (TPSA) is 59.0 Å². The second-order valence-corrected chi connectivity index (χ2v) is 5.47. The van der Waals surface area contributed by atoms with Gasteiger partial charge < -0.3 is 14.6 Å². The maximum Gasteiger partial charge on any atom is 0.309 e. The summed E-state index contributed by atoms with van der Waals surface area (Å²) in [5.74, 6) is -0.819. The van der Waals surface area contributed by atoms with Gasteiger partial charge in [0.25, 0.3) is 0 Å². The number of rotatable bonds is 2. The van der Waals surface area contributed by atoms with Crippen LogP contribution in [0.4, 0.5) is 0 Å². The van der Waals surface area contributed by atoms with Gasteiger partial charge in [-0.1, -0.05) is 0 Å². The Labute approximate surface area is 101 Å². The van der Waals surface area contributed by atoms with Crippen LogP contribution in [-0.2, 0) is 14.3 Å². The van der Waals surface area contributed by atoms with E-state index >= 15 is 0 Å². The summed E-state index contributed by atoms with van der Waals surface area (Å²) in [4.78, 5) is 13.1. The quantitative estimate of drug-likeness (QED) is 0.755. The molecule has 3 saturated heterocycles. The molecule has 1 N–H and O–H groups in total. The second kappa shape index (κ2) is 4.23. The molecule has 1 spiro atoms. The predicted molar refractivity (Wildman–Crippen MR) is 59.8 cm³/mol. The van der Waals surface area contributed by atoms with Crippen molar-refractivity contribution in [2.45, 2.75) is 30.9 Å². The van der Waals surface area contributed by atoms with Crippen LogP contribution in [0.25, 0.3) is 0 Å². The molecule has 3 heterocycles. The van der Waals surface area contributed by atoms with E-state index in [2.05, 4.69) is 4.90 Å². The van der Waals surface area contributed by atoms with Crippen LogP contribution < -0.4 is 0 Å². The van der Waals surface area contributed by atoms with E-state index in [1.54, 1.807) is 0 Å². The number of hydrogen-bond donors (Lipinski definition) is 1. The molecular weight excluding hydrogens is 222 g/mol. The van der Waals surface area contributed by atoms with Crippen LogP contribution in [0.2, 0.25) is 0 Å². The Bertz CT molecular complexity index is 308. The molecule has 3 aliphatic rings. The lowest BCUT2D eigenvalue weighted by molar-refractivity contribution is -0.154. The first kappa shape index (κ1) is 11.4. The van der Waals surface area contributed by atoms with Gasteiger partial charge >= 0.3 is 5.97 Å². The third kappa shape index (κ3) is 2.07. The minimum absolute atomic E-state index is 0.0722. The smallest absolute Gasteiger partial charge is 0.309 e. The Morgan fingerprint density at radius 3 is 2.82 bits per heavy atom. The summed E-state index contributed by atoms with van der Waals surface area (Å²) in [6, 6.07) is 0.487. The number of aliphatic carboxylic acids is 1. The average molecular weight is 241 g/mol. The minimum Gasteiger partial charge on any atom is -0.481 e. The maximum atomic E-state index is 10.8. The standard InChI is InChI=1S/C12H19NO4/c14-11(15)9-6-13(7-9)10-1-3-17-12(5-10)2-4-16-8-12/h9-10H,1-8H2,(H,14,15). The summed E-state index contributed by atoms with van der Waals surface area (Å²) in [5, 5.41) is 8.88. The van der Waals surface area contributed by atoms with Crippen LogP contribution in [0, 0.1) is 5.92 Å². The Morgan fingerprint density at radius 1 is 1.35 bits per heavy atom. The molecule has 0 aromatic heterocycles. The first-order chi connectivity index (χ1) is 8.19. The number of nitrogens with zero attached hydrogens (tertiary/aromatic N) is 1. The lowest BCUT2D eigenvalue weighted by Gasteiger charge is -2.47. The fourth-order valence-corrected chi connectivity index (χ4v) is 3.14. The number of carbonyl (C=O) groups is 1. The summed E-state index contributed by atoms with van der Waals surface area (Å²) in [7, 11) is 0. The predicted octanol–water partition coefficient (Wildman–Crippen LogP) is 0.341. The largest absolute Gasteiger partial charge is 0.481 e. The molecule has 0 aromatic rings. The third-order valence-corrected chi connectivity index (χ3v) is 4.31. The molecule has 17 heavy (non-hydrogen) atoms. The van der Waals surface area contributed by atoms with E-state index in [1.165, 1.54) is 0 Å². The van der Waals surface area contributed by atoms with Crippen molar-refractivity contribution in [2.75, 3.05) is 32.9 Å². The summed E-state index contributed by atoms with van der Waals surface area (Å²) < 4.78 is 11.3. The van der Waals surface area contributed by atoms with E-state index in [1.807, 2.05) is 0 Å². The van der Waals surface area contributed by atoms with Gasteiger partial charge in [0.1, 0.15) is 0 Å². The van der Waals surface area contributed by atoms with Gasteiger partial charge in [-0.15, -0.1) is 0 Å². The highest BCUT2D eigenvalue weighted by molar-refractivity contribution is 5.71. The fraction of sp³-hybridized carbons (Fsp3) is 0.917. The average Bonchev–Trinajstić information content (AvgIpc) is 2.63. The van der Waals surface area contributed by atoms with Crippen molar-refractivity contribution in [3.05, 3.63) is 0 Å². The van der Waals surface area contributed by atoms with E-state index in [0.29, 0.717) is 25.7 Å². The Hall–Kier alpha value is -0.650. The van der Waals surface area contributed by atoms with Gasteiger partial charge in [0.2, 0.25) is 0 Å². The van der Waals surface area contributed by atoms with E-state index in [0.717, 1.165) is 32.5 Å². The molecule has 5 heteroatoms. The van der Waals surface area contributed by atoms with Crippen LogP contribution >= 0.6 is 0 Å². The van der Waals surface area contributed by atoms with Gasteiger partial charge in [-0.2, -0.15) is 0 Å². The van der Waals surface area contributed by atoms with E-state index in [9.17, 15) is 4.79 Å². The van der Waals surface area contributed by atoms with E-state index in [4.69, 9.17) is 14.6 Å². The number of carboxylic acid groups (broad SMARTS) is 1. The molecule has 2 unspecified atom stereocenters. The van der Waals surface area contributed by atoms with Crippen LogP contribution in [0.15, 0.2) is 0 Å². The summed E-state index contributed by atoms with van der Waals surface area (Å²) in [6.45, 7) is 3.69. The zero-order valence-corrected chi connectivity index (χ0v) is 9.93. The van der Waals surface area contributed by atoms with Gasteiger partial charge in [0.15, 0.2) is 0 Å². The molecule has 96 valence electrons. The molecule has 0 aromatic carbocycles. The zero-order valence-electron chi connectivity index (χ0n) is 9.93. The molecule has 0 radical (unpaired) electrons. The maximum absolute atomic E-state index is 10.8. The molecule has 2 atom stereocenters. The molecule has 3 fully saturated rings. The third-order valence-electron chi connectivity index (χ3n) is 4.31. The summed E-state index contributed by atoms with van der Waals surface area (Å²) in [5.41, 5.74) is -0.0722. The van der Waals surface area contributed by atoms with Crippen molar-refractivity contribution >= 4 is 5.97 Å². The molecule has 0 saturated carbocycles. The van der Waals surface area contributed by atoms with Crippen LogP contribution in [-0.4, -0.2) is 60.5 Å². The summed E-state index contributed by atoms with van der Waals surface area (Å²) in [6.07, 6.45) is 3.01. The van der Waals surface area contributed by atoms with Gasteiger partial charge in [-0.25, -0.2) is 0 Å². The number of hydrogen-bond acceptors (Lipinski definition) is 4. The molecule has 0 amide bonds. The van der Waals surface area contributed by atoms with E-state index in [-0.39, 0.29) is 11.5 Å². The Balaban J connectivity index is 1.56. The van der Waals surface area contributed by atoms with Crippen molar-refractivity contribution in [3.63, 3.8) is 0 Å². The van der Waals surface area contributed by atoms with Crippen molar-refractivity contribution in [3.8, 4) is 0 Å². The van der Waals surface area contributed by atoms with Gasteiger partial charge in [0, 0.05) is 38.8 Å². The number of ether oxygens (including phenoxy) is 2. The second-order valence-electron chi connectivity index (χ2n) is 5.47. The highest BCUT2D eigenvalue weighted by atomic mass is 16.6. The van der Waals surface area contributed by atoms with Crippen LogP contribution in [0.5, 0.6) is 0 Å². The molecule has 0 aliphatic carbocycles. The van der Waals surface area contributed by atoms with Crippen molar-refractivity contribution in [1.29, 1.82) is 0 Å². The summed E-state index contributed by atoms with van der Waals surface area (Å²) >= 11 is 0. The molecule has 0 bridgehead atoms. The number of likely N-dealkylation sites (tertiary alicyclic amines) is 1. The molecule has 3 aliphatic heterocycles. The molecule has 3 rings (SSSR count). The lowest BCUT2D eigenvalue weighted by Crippen LogP contribution is -2.58. The lowest BCUT2D eigenvalue weighted by atomic mass is 9.86. The highest BCUT2D eigenvalue weighted by Gasteiger charge is 2.45. The zero-order chi connectivity index (χ0) is 11.9. The Kier molecular flexibility index (Phi) is 2.84. The van der Waals surface area contributed by atoms with Crippen molar-refractivity contribution in [2.24, 2.45) is 5.92 Å². The first-order valence-electron chi connectivity index (χ1n) is 6.37.